The number of para-hydroxylation sites is 1. The van der Waals surface area contributed by atoms with Crippen LogP contribution in [-0.2, 0) is 11.3 Å². The number of fused-ring (bicyclic) bond motifs is 3. The Morgan fingerprint density at radius 2 is 1.77 bits per heavy atom. The highest BCUT2D eigenvalue weighted by molar-refractivity contribution is 6.04. The average molecular weight is 601 g/mol. The van der Waals surface area contributed by atoms with Crippen LogP contribution in [0, 0.1) is 18.6 Å². The van der Waals surface area contributed by atoms with E-state index in [1.54, 1.807) is 37.2 Å². The number of nitrogens with one attached hydrogen (secondary N) is 2. The van der Waals surface area contributed by atoms with Crippen molar-refractivity contribution in [1.29, 1.82) is 0 Å². The molecule has 0 aliphatic carbocycles. The number of esters is 1. The van der Waals surface area contributed by atoms with E-state index in [4.69, 9.17) is 4.74 Å². The van der Waals surface area contributed by atoms with E-state index < -0.39 is 34.4 Å². The predicted octanol–water partition coefficient (Wildman–Crippen LogP) is 3.22. The van der Waals surface area contributed by atoms with Gasteiger partial charge in [0.15, 0.2) is 5.69 Å². The zero-order valence-corrected chi connectivity index (χ0v) is 23.9. The Bertz CT molecular complexity index is 2300. The molecule has 0 atom stereocenters. The van der Waals surface area contributed by atoms with Crippen molar-refractivity contribution in [2.75, 3.05) is 27.2 Å². The third kappa shape index (κ3) is 4.86. The Labute approximate surface area is 247 Å². The van der Waals surface area contributed by atoms with Crippen molar-refractivity contribution in [2.24, 2.45) is 0 Å². The fourth-order valence-electron chi connectivity index (χ4n) is 5.24. The highest BCUT2D eigenvalue weighted by Crippen LogP contribution is 2.33. The second-order valence-electron chi connectivity index (χ2n) is 10.6. The minimum absolute atomic E-state index is 0.0254. The molecule has 0 unspecified atom stereocenters. The van der Waals surface area contributed by atoms with Crippen LogP contribution in [-0.4, -0.2) is 62.2 Å². The van der Waals surface area contributed by atoms with Gasteiger partial charge in [0.2, 0.25) is 0 Å². The lowest BCUT2D eigenvalue weighted by molar-refractivity contribution is 0.0470. The first-order valence-electron chi connectivity index (χ1n) is 13.6. The molecule has 6 rings (SSSR count). The Kier molecular flexibility index (Phi) is 7.17. The van der Waals surface area contributed by atoms with Crippen molar-refractivity contribution in [1.82, 2.24) is 29.0 Å². The molecule has 44 heavy (non-hydrogen) atoms. The van der Waals surface area contributed by atoms with Gasteiger partial charge in [-0.1, -0.05) is 12.1 Å². The highest BCUT2D eigenvalue weighted by atomic mass is 19.1. The summed E-state index contributed by atoms with van der Waals surface area (Å²) in [7, 11) is 3.57. The van der Waals surface area contributed by atoms with Gasteiger partial charge in [-0.25, -0.2) is 27.9 Å². The number of benzene rings is 3. The van der Waals surface area contributed by atoms with Crippen molar-refractivity contribution in [3.8, 4) is 5.69 Å². The molecule has 0 aliphatic rings. The SMILES string of the molecule is Cc1cc2c(-n3c(=O)[nH]c4ccccc4c3=O)c(C(=O)OCCN(C)C)n(Cc3cc4c(=O)[nH]cnc4cc3F)c2cc1F. The molecule has 0 fully saturated rings. The van der Waals surface area contributed by atoms with E-state index in [1.807, 2.05) is 0 Å². The van der Waals surface area contributed by atoms with E-state index in [1.165, 1.54) is 29.7 Å². The highest BCUT2D eigenvalue weighted by Gasteiger charge is 2.29. The smallest absolute Gasteiger partial charge is 0.357 e. The summed E-state index contributed by atoms with van der Waals surface area (Å²) >= 11 is 0. The minimum atomic E-state index is -0.920. The lowest BCUT2D eigenvalue weighted by Gasteiger charge is -2.15. The van der Waals surface area contributed by atoms with Crippen LogP contribution in [0.15, 0.2) is 69.2 Å². The molecule has 0 bridgehead atoms. The number of aromatic amines is 2. The molecule has 0 amide bonds. The van der Waals surface area contributed by atoms with E-state index in [0.717, 1.165) is 23.0 Å². The Morgan fingerprint density at radius 3 is 2.55 bits per heavy atom. The normalized spacial score (nSPS) is 11.7. The lowest BCUT2D eigenvalue weighted by atomic mass is 10.1. The number of aromatic nitrogens is 5. The number of H-pyrrole nitrogens is 2. The van der Waals surface area contributed by atoms with Crippen molar-refractivity contribution in [3.05, 3.63) is 115 Å². The number of aryl methyl sites for hydroxylation is 1. The zero-order chi connectivity index (χ0) is 31.3. The number of hydrogen-bond donors (Lipinski definition) is 2. The molecule has 0 aliphatic heterocycles. The van der Waals surface area contributed by atoms with Gasteiger partial charge in [0, 0.05) is 23.6 Å². The maximum absolute atomic E-state index is 15.5. The van der Waals surface area contributed by atoms with Crippen LogP contribution < -0.4 is 16.8 Å². The van der Waals surface area contributed by atoms with Gasteiger partial charge in [-0.15, -0.1) is 0 Å². The third-order valence-electron chi connectivity index (χ3n) is 7.45. The van der Waals surface area contributed by atoms with E-state index in [-0.39, 0.29) is 68.4 Å². The quantitative estimate of drug-likeness (QED) is 0.269. The van der Waals surface area contributed by atoms with Crippen molar-refractivity contribution >= 4 is 38.7 Å². The van der Waals surface area contributed by atoms with Gasteiger partial charge in [0.1, 0.15) is 18.2 Å². The van der Waals surface area contributed by atoms with Crippen LogP contribution in [0.4, 0.5) is 8.78 Å². The molecule has 224 valence electrons. The lowest BCUT2D eigenvalue weighted by Crippen LogP contribution is -2.35. The molecule has 11 nitrogen and oxygen atoms in total. The Morgan fingerprint density at radius 1 is 1.00 bits per heavy atom. The molecular weight excluding hydrogens is 574 g/mol. The molecule has 0 radical (unpaired) electrons. The number of likely N-dealkylation sites (N-methyl/N-ethyl adjacent to an activating group) is 1. The van der Waals surface area contributed by atoms with Gasteiger partial charge in [-0.2, -0.15) is 0 Å². The summed E-state index contributed by atoms with van der Waals surface area (Å²) in [5.41, 5.74) is -1.82. The van der Waals surface area contributed by atoms with Gasteiger partial charge < -0.3 is 24.2 Å². The van der Waals surface area contributed by atoms with Gasteiger partial charge in [-0.05, 0) is 56.9 Å². The summed E-state index contributed by atoms with van der Waals surface area (Å²) in [5, 5.41) is 0.457. The number of carbonyl (C=O) groups excluding carboxylic acids is 1. The third-order valence-corrected chi connectivity index (χ3v) is 7.45. The molecule has 0 saturated carbocycles. The number of halogens is 2. The predicted molar refractivity (Wildman–Crippen MR) is 161 cm³/mol. The van der Waals surface area contributed by atoms with Crippen LogP contribution in [0.2, 0.25) is 0 Å². The fourth-order valence-corrected chi connectivity index (χ4v) is 5.24. The number of carbonyl (C=O) groups is 1. The average Bonchev–Trinajstić information content (AvgIpc) is 3.26. The second kappa shape index (κ2) is 11.0. The van der Waals surface area contributed by atoms with Gasteiger partial charge >= 0.3 is 11.7 Å². The zero-order valence-electron chi connectivity index (χ0n) is 23.9. The number of rotatable bonds is 7. The molecular formula is C31H26F2N6O5. The second-order valence-corrected chi connectivity index (χ2v) is 10.6. The Balaban J connectivity index is 1.69. The summed E-state index contributed by atoms with van der Waals surface area (Å²) in [6.45, 7) is 1.43. The van der Waals surface area contributed by atoms with Gasteiger partial charge in [0.25, 0.3) is 11.1 Å². The summed E-state index contributed by atoms with van der Waals surface area (Å²) in [6, 6.07) is 11.3. The number of ether oxygens (including phenoxy) is 1. The molecule has 6 aromatic rings. The van der Waals surface area contributed by atoms with Crippen molar-refractivity contribution < 1.29 is 18.3 Å². The van der Waals surface area contributed by atoms with Crippen LogP contribution in [0.1, 0.15) is 21.6 Å². The monoisotopic (exact) mass is 600 g/mol. The van der Waals surface area contributed by atoms with Gasteiger partial charge in [0.05, 0.1) is 45.9 Å². The number of nitrogens with zero attached hydrogens (tertiary/aromatic N) is 4. The topological polar surface area (TPSA) is 135 Å². The standard InChI is InChI=1S/C31H26F2N6O5/c1-16-10-20-25(13-21(16)32)38(14-17-11-19-24(12-22(17)33)34-15-35-28(19)40)27(30(42)44-9-8-37(2)3)26(20)39-29(41)18-6-4-5-7-23(18)36-31(39)43/h4-7,10-13,15H,8-9,14H2,1-3H3,(H,36,43)(H,34,35,40). The number of hydrogen-bond acceptors (Lipinski definition) is 7. The van der Waals surface area contributed by atoms with Gasteiger partial charge in [-0.3, -0.25) is 9.59 Å². The van der Waals surface area contributed by atoms with Crippen LogP contribution >= 0.6 is 0 Å². The fraction of sp³-hybridized carbons (Fsp3) is 0.194. The summed E-state index contributed by atoms with van der Waals surface area (Å²) in [5.74, 6) is -2.29. The maximum atomic E-state index is 15.5. The van der Waals surface area contributed by atoms with Crippen molar-refractivity contribution in [3.63, 3.8) is 0 Å². The van der Waals surface area contributed by atoms with Crippen LogP contribution in [0.3, 0.4) is 0 Å². The van der Waals surface area contributed by atoms with E-state index in [0.29, 0.717) is 6.54 Å². The van der Waals surface area contributed by atoms with E-state index in [9.17, 15) is 19.2 Å². The van der Waals surface area contributed by atoms with Crippen LogP contribution in [0.5, 0.6) is 0 Å². The summed E-state index contributed by atoms with van der Waals surface area (Å²) in [4.78, 5) is 64.6. The molecule has 3 aromatic heterocycles. The summed E-state index contributed by atoms with van der Waals surface area (Å²) < 4.78 is 38.3. The van der Waals surface area contributed by atoms with E-state index in [2.05, 4.69) is 15.0 Å². The Hall–Kier alpha value is -5.43. The maximum Gasteiger partial charge on any atom is 0.357 e. The minimum Gasteiger partial charge on any atom is -0.460 e. The molecule has 2 N–H and O–H groups in total. The largest absolute Gasteiger partial charge is 0.460 e. The molecule has 13 heteroatoms. The molecule has 3 heterocycles. The van der Waals surface area contributed by atoms with Crippen LogP contribution in [0.25, 0.3) is 38.4 Å². The molecule has 0 saturated heterocycles. The first-order valence-corrected chi connectivity index (χ1v) is 13.6. The first-order chi connectivity index (χ1) is 21.0. The molecule has 3 aromatic carbocycles. The molecule has 0 spiro atoms. The van der Waals surface area contributed by atoms with Crippen molar-refractivity contribution in [2.45, 2.75) is 13.5 Å². The first kappa shape index (κ1) is 28.7. The summed E-state index contributed by atoms with van der Waals surface area (Å²) in [6.07, 6.45) is 1.15. The van der Waals surface area contributed by atoms with E-state index >= 15 is 8.78 Å².